The Hall–Kier alpha value is -3.62. The van der Waals surface area contributed by atoms with E-state index in [0.717, 1.165) is 6.07 Å². The molecule has 1 aliphatic rings. The van der Waals surface area contributed by atoms with E-state index < -0.39 is 22.5 Å². The van der Waals surface area contributed by atoms with Crippen molar-refractivity contribution in [1.29, 1.82) is 0 Å². The highest BCUT2D eigenvalue weighted by Crippen LogP contribution is 2.38. The number of carbonyl (C=O) groups is 2. The lowest BCUT2D eigenvalue weighted by molar-refractivity contribution is -0.385. The van der Waals surface area contributed by atoms with Crippen molar-refractivity contribution < 1.29 is 33.5 Å². The van der Waals surface area contributed by atoms with Gasteiger partial charge in [-0.15, -0.1) is 0 Å². The zero-order valence-electron chi connectivity index (χ0n) is 13.6. The summed E-state index contributed by atoms with van der Waals surface area (Å²) in [6.45, 7) is -0.191. The second kappa shape index (κ2) is 7.09. The number of methoxy groups -OCH3 is 1. The maximum absolute atomic E-state index is 12.3. The van der Waals surface area contributed by atoms with Gasteiger partial charge in [0.2, 0.25) is 6.79 Å². The maximum atomic E-state index is 12.3. The van der Waals surface area contributed by atoms with E-state index in [0.29, 0.717) is 11.1 Å². The number of benzene rings is 2. The van der Waals surface area contributed by atoms with Gasteiger partial charge in [0.05, 0.1) is 23.7 Å². The fourth-order valence-corrected chi connectivity index (χ4v) is 2.33. The lowest BCUT2D eigenvalue weighted by Gasteiger charge is -2.07. The lowest BCUT2D eigenvalue weighted by atomic mass is 10.1. The van der Waals surface area contributed by atoms with Gasteiger partial charge in [-0.2, -0.15) is 0 Å². The van der Waals surface area contributed by atoms with Gasteiger partial charge in [-0.3, -0.25) is 10.1 Å². The van der Waals surface area contributed by atoms with Crippen molar-refractivity contribution in [2.24, 2.45) is 0 Å². The first-order chi connectivity index (χ1) is 12.5. The molecule has 1 heterocycles. The lowest BCUT2D eigenvalue weighted by Crippen LogP contribution is -2.09. The molecule has 0 unspecified atom stereocenters. The maximum Gasteiger partial charge on any atom is 0.345 e. The van der Waals surface area contributed by atoms with E-state index in [1.165, 1.54) is 25.3 Å². The number of hydrogen-bond donors (Lipinski definition) is 0. The van der Waals surface area contributed by atoms with Crippen LogP contribution in [0.1, 0.15) is 26.3 Å². The number of nitro benzene ring substituents is 1. The number of fused-ring (bicyclic) bond motifs is 1. The molecule has 0 amide bonds. The van der Waals surface area contributed by atoms with Gasteiger partial charge >= 0.3 is 11.9 Å². The van der Waals surface area contributed by atoms with Crippen LogP contribution in [0.4, 0.5) is 5.69 Å². The molecule has 2 aromatic carbocycles. The van der Waals surface area contributed by atoms with Gasteiger partial charge < -0.3 is 18.9 Å². The first-order valence-corrected chi connectivity index (χ1v) is 7.42. The molecule has 9 nitrogen and oxygen atoms in total. The fourth-order valence-electron chi connectivity index (χ4n) is 2.33. The van der Waals surface area contributed by atoms with Crippen molar-refractivity contribution in [3.63, 3.8) is 0 Å². The molecule has 0 radical (unpaired) electrons. The Morgan fingerprint density at radius 3 is 2.38 bits per heavy atom. The molecule has 1 aliphatic heterocycles. The summed E-state index contributed by atoms with van der Waals surface area (Å²) in [6.07, 6.45) is 0. The highest BCUT2D eigenvalue weighted by Gasteiger charge is 2.28. The molecule has 0 aliphatic carbocycles. The van der Waals surface area contributed by atoms with Gasteiger partial charge in [0, 0.05) is 6.07 Å². The summed E-state index contributed by atoms with van der Waals surface area (Å²) in [5.74, 6) is -0.909. The molecule has 0 aromatic heterocycles. The Kier molecular flexibility index (Phi) is 4.70. The predicted octanol–water partition coefficient (Wildman–Crippen LogP) is 2.47. The first kappa shape index (κ1) is 17.2. The van der Waals surface area contributed by atoms with Crippen LogP contribution in [0.2, 0.25) is 0 Å². The summed E-state index contributed by atoms with van der Waals surface area (Å²) in [7, 11) is 1.27. The van der Waals surface area contributed by atoms with E-state index in [-0.39, 0.29) is 30.5 Å². The molecular weight excluding hydrogens is 346 g/mol. The summed E-state index contributed by atoms with van der Waals surface area (Å²) in [5, 5.41) is 11.2. The largest absolute Gasteiger partial charge is 0.465 e. The Morgan fingerprint density at radius 2 is 1.77 bits per heavy atom. The second-order valence-corrected chi connectivity index (χ2v) is 5.24. The van der Waals surface area contributed by atoms with Crippen LogP contribution in [-0.4, -0.2) is 30.8 Å². The third kappa shape index (κ3) is 3.41. The molecule has 3 rings (SSSR count). The Morgan fingerprint density at radius 1 is 1.12 bits per heavy atom. The molecule has 0 saturated carbocycles. The molecular formula is C17H13NO8. The SMILES string of the molecule is COC(=O)c1ccc(COC(=O)c2cc3c(cc2[N+](=O)[O-])OCO3)cc1. The van der Waals surface area contributed by atoms with Gasteiger partial charge in [-0.25, -0.2) is 9.59 Å². The number of ether oxygens (including phenoxy) is 4. The zero-order chi connectivity index (χ0) is 18.7. The molecule has 0 bridgehead atoms. The molecule has 0 spiro atoms. The van der Waals surface area contributed by atoms with Gasteiger partial charge in [0.25, 0.3) is 5.69 Å². The second-order valence-electron chi connectivity index (χ2n) is 5.24. The smallest absolute Gasteiger partial charge is 0.345 e. The van der Waals surface area contributed by atoms with Gasteiger partial charge in [-0.1, -0.05) is 12.1 Å². The molecule has 0 saturated heterocycles. The Balaban J connectivity index is 1.74. The standard InChI is InChI=1S/C17H13NO8/c1-23-16(19)11-4-2-10(3-5-11)8-24-17(20)12-6-14-15(26-9-25-14)7-13(12)18(21)22/h2-7H,8-9H2,1H3. The van der Waals surface area contributed by atoms with Crippen LogP contribution in [0.3, 0.4) is 0 Å². The zero-order valence-corrected chi connectivity index (χ0v) is 13.6. The fraction of sp³-hybridized carbons (Fsp3) is 0.176. The summed E-state index contributed by atoms with van der Waals surface area (Å²) in [5.41, 5.74) is 0.300. The minimum atomic E-state index is -0.868. The third-order valence-corrected chi connectivity index (χ3v) is 3.65. The van der Waals surface area contributed by atoms with Crippen molar-refractivity contribution >= 4 is 17.6 Å². The van der Waals surface area contributed by atoms with E-state index >= 15 is 0 Å². The number of carbonyl (C=O) groups excluding carboxylic acids is 2. The topological polar surface area (TPSA) is 114 Å². The quantitative estimate of drug-likeness (QED) is 0.454. The molecule has 2 aromatic rings. The number of hydrogen-bond acceptors (Lipinski definition) is 8. The van der Waals surface area contributed by atoms with Crippen molar-refractivity contribution in [2.75, 3.05) is 13.9 Å². The van der Waals surface area contributed by atoms with E-state index in [2.05, 4.69) is 4.74 Å². The van der Waals surface area contributed by atoms with Crippen molar-refractivity contribution in [1.82, 2.24) is 0 Å². The van der Waals surface area contributed by atoms with Crippen molar-refractivity contribution in [2.45, 2.75) is 6.61 Å². The minimum Gasteiger partial charge on any atom is -0.465 e. The van der Waals surface area contributed by atoms with Gasteiger partial charge in [0.1, 0.15) is 12.2 Å². The number of nitrogens with zero attached hydrogens (tertiary/aromatic N) is 1. The Labute approximate surface area is 147 Å². The highest BCUT2D eigenvalue weighted by atomic mass is 16.7. The van der Waals surface area contributed by atoms with E-state index in [4.69, 9.17) is 14.2 Å². The summed E-state index contributed by atoms with van der Waals surface area (Å²) in [4.78, 5) is 34.1. The van der Waals surface area contributed by atoms with Crippen molar-refractivity contribution in [3.8, 4) is 11.5 Å². The molecule has 0 N–H and O–H groups in total. The van der Waals surface area contributed by atoms with Gasteiger partial charge in [0.15, 0.2) is 11.5 Å². The van der Waals surface area contributed by atoms with Crippen LogP contribution in [0.5, 0.6) is 11.5 Å². The molecule has 134 valence electrons. The van der Waals surface area contributed by atoms with E-state index in [1.807, 2.05) is 0 Å². The van der Waals surface area contributed by atoms with Crippen LogP contribution in [0.15, 0.2) is 36.4 Å². The van der Waals surface area contributed by atoms with E-state index in [1.54, 1.807) is 12.1 Å². The molecule has 0 fully saturated rings. The summed E-state index contributed by atoms with van der Waals surface area (Å²) in [6, 6.07) is 8.59. The van der Waals surface area contributed by atoms with Gasteiger partial charge in [-0.05, 0) is 17.7 Å². The Bertz CT molecular complexity index is 875. The van der Waals surface area contributed by atoms with Crippen LogP contribution < -0.4 is 9.47 Å². The van der Waals surface area contributed by atoms with Crippen LogP contribution in [-0.2, 0) is 16.1 Å². The number of nitro groups is 1. The van der Waals surface area contributed by atoms with Crippen LogP contribution >= 0.6 is 0 Å². The van der Waals surface area contributed by atoms with Crippen LogP contribution in [0, 0.1) is 10.1 Å². The van der Waals surface area contributed by atoms with Crippen molar-refractivity contribution in [3.05, 3.63) is 63.2 Å². The number of rotatable bonds is 5. The highest BCUT2D eigenvalue weighted by molar-refractivity contribution is 5.95. The summed E-state index contributed by atoms with van der Waals surface area (Å²) >= 11 is 0. The molecule has 9 heteroatoms. The third-order valence-electron chi connectivity index (χ3n) is 3.65. The first-order valence-electron chi connectivity index (χ1n) is 7.42. The van der Waals surface area contributed by atoms with E-state index in [9.17, 15) is 19.7 Å². The van der Waals surface area contributed by atoms with Crippen LogP contribution in [0.25, 0.3) is 0 Å². The summed E-state index contributed by atoms with van der Waals surface area (Å²) < 4.78 is 19.9. The average Bonchev–Trinajstić information content (AvgIpc) is 3.12. The normalized spacial score (nSPS) is 11.7. The number of esters is 2. The predicted molar refractivity (Wildman–Crippen MR) is 86.1 cm³/mol. The molecule has 26 heavy (non-hydrogen) atoms. The minimum absolute atomic E-state index is 0.0719. The monoisotopic (exact) mass is 359 g/mol. The molecule has 0 atom stereocenters. The average molecular weight is 359 g/mol.